The summed E-state index contributed by atoms with van der Waals surface area (Å²) in [5.74, 6) is -0.422. The number of amides is 2. The monoisotopic (exact) mass is 510 g/mol. The third-order valence-electron chi connectivity index (χ3n) is 5.24. The molecule has 196 valence electrons. The van der Waals surface area contributed by atoms with Gasteiger partial charge < -0.3 is 29.9 Å². The molecule has 1 aliphatic rings. The molecule has 2 heterocycles. The average molecular weight is 511 g/mol. The molecule has 3 rings (SSSR count). The van der Waals surface area contributed by atoms with Crippen molar-refractivity contribution in [3.63, 3.8) is 0 Å². The molecule has 1 aliphatic heterocycles. The highest BCUT2D eigenvalue weighted by atomic mass is 19.4. The summed E-state index contributed by atoms with van der Waals surface area (Å²) in [4.78, 5) is 36.1. The first-order valence-electron chi connectivity index (χ1n) is 11.2. The molecule has 2 N–H and O–H groups in total. The molecule has 2 aromatic rings. The van der Waals surface area contributed by atoms with Gasteiger partial charge in [0, 0.05) is 45.0 Å². The third-order valence-corrected chi connectivity index (χ3v) is 5.24. The van der Waals surface area contributed by atoms with Crippen molar-refractivity contribution in [1.29, 1.82) is 0 Å². The van der Waals surface area contributed by atoms with Crippen molar-refractivity contribution in [3.8, 4) is 5.75 Å². The largest absolute Gasteiger partial charge is 0.495 e. The number of alkyl halides is 3. The lowest BCUT2D eigenvalue weighted by molar-refractivity contribution is -0.137. The van der Waals surface area contributed by atoms with Crippen LogP contribution in [0.25, 0.3) is 0 Å². The molecule has 1 aromatic carbocycles. The summed E-state index contributed by atoms with van der Waals surface area (Å²) in [6.45, 7) is 6.74. The second-order valence-electron chi connectivity index (χ2n) is 9.00. The maximum absolute atomic E-state index is 13.1. The van der Waals surface area contributed by atoms with Gasteiger partial charge in [-0.1, -0.05) is 0 Å². The van der Waals surface area contributed by atoms with Crippen LogP contribution < -0.4 is 15.4 Å². The van der Waals surface area contributed by atoms with E-state index >= 15 is 0 Å². The van der Waals surface area contributed by atoms with E-state index in [2.05, 4.69) is 20.6 Å². The van der Waals surface area contributed by atoms with E-state index in [0.29, 0.717) is 43.6 Å². The SMILES string of the molecule is CNc1nc(Nc2ccc(C(=O)N3CCN(C(=O)OC(C)(C)C)CC3)cc2OC)ncc1C(F)(F)F. The minimum atomic E-state index is -4.60. The molecule has 2 amide bonds. The Balaban J connectivity index is 1.70. The molecule has 0 spiro atoms. The van der Waals surface area contributed by atoms with E-state index in [1.54, 1.807) is 42.7 Å². The number of piperazine rings is 1. The van der Waals surface area contributed by atoms with Gasteiger partial charge in [0.25, 0.3) is 5.91 Å². The number of anilines is 3. The number of methoxy groups -OCH3 is 1. The third kappa shape index (κ3) is 6.46. The quantitative estimate of drug-likeness (QED) is 0.622. The maximum Gasteiger partial charge on any atom is 0.421 e. The van der Waals surface area contributed by atoms with Crippen LogP contribution in [0.15, 0.2) is 24.4 Å². The standard InChI is InChI=1S/C23H29F3N6O4/c1-22(2,3)36-21(34)32-10-8-31(9-11-32)19(33)14-6-7-16(17(12-14)35-5)29-20-28-13-15(23(24,25)26)18(27-4)30-20/h6-7,12-13H,8-11H2,1-5H3,(H2,27,28,29,30). The van der Waals surface area contributed by atoms with E-state index in [4.69, 9.17) is 9.47 Å². The van der Waals surface area contributed by atoms with Gasteiger partial charge >= 0.3 is 12.3 Å². The van der Waals surface area contributed by atoms with Crippen LogP contribution in [-0.2, 0) is 10.9 Å². The highest BCUT2D eigenvalue weighted by molar-refractivity contribution is 5.95. The molecule has 0 atom stereocenters. The van der Waals surface area contributed by atoms with Crippen LogP contribution in [0, 0.1) is 0 Å². The summed E-state index contributed by atoms with van der Waals surface area (Å²) < 4.78 is 50.0. The van der Waals surface area contributed by atoms with Gasteiger partial charge in [0.1, 0.15) is 22.7 Å². The molecule has 0 radical (unpaired) electrons. The van der Waals surface area contributed by atoms with Crippen LogP contribution >= 0.6 is 0 Å². The number of rotatable bonds is 5. The minimum Gasteiger partial charge on any atom is -0.495 e. The van der Waals surface area contributed by atoms with Crippen molar-refractivity contribution in [3.05, 3.63) is 35.5 Å². The molecule has 0 bridgehead atoms. The summed E-state index contributed by atoms with van der Waals surface area (Å²) in [6.07, 6.45) is -4.34. The number of nitrogens with one attached hydrogen (secondary N) is 2. The second kappa shape index (κ2) is 10.5. The van der Waals surface area contributed by atoms with E-state index in [1.165, 1.54) is 20.2 Å². The number of carbonyl (C=O) groups is 2. The topological polar surface area (TPSA) is 109 Å². The number of benzene rings is 1. The fraction of sp³-hybridized carbons (Fsp3) is 0.478. The van der Waals surface area contributed by atoms with Crippen molar-refractivity contribution in [1.82, 2.24) is 19.8 Å². The van der Waals surface area contributed by atoms with Crippen LogP contribution in [-0.4, -0.2) is 77.7 Å². The van der Waals surface area contributed by atoms with Crippen molar-refractivity contribution in [2.24, 2.45) is 0 Å². The smallest absolute Gasteiger partial charge is 0.421 e. The Morgan fingerprint density at radius 2 is 1.69 bits per heavy atom. The molecule has 10 nitrogen and oxygen atoms in total. The van der Waals surface area contributed by atoms with E-state index in [9.17, 15) is 22.8 Å². The Kier molecular flexibility index (Phi) is 7.80. The van der Waals surface area contributed by atoms with Gasteiger partial charge in [-0.05, 0) is 39.0 Å². The molecule has 0 saturated carbocycles. The van der Waals surface area contributed by atoms with E-state index < -0.39 is 23.4 Å². The predicted molar refractivity (Wildman–Crippen MR) is 127 cm³/mol. The first kappa shape index (κ1) is 26.8. The lowest BCUT2D eigenvalue weighted by atomic mass is 10.1. The average Bonchev–Trinajstić information content (AvgIpc) is 2.82. The fourth-order valence-electron chi connectivity index (χ4n) is 3.49. The zero-order valence-electron chi connectivity index (χ0n) is 20.7. The van der Waals surface area contributed by atoms with Gasteiger partial charge in [-0.15, -0.1) is 0 Å². The fourth-order valence-corrected chi connectivity index (χ4v) is 3.49. The summed E-state index contributed by atoms with van der Waals surface area (Å²) >= 11 is 0. The Morgan fingerprint density at radius 3 is 2.25 bits per heavy atom. The number of halogens is 3. The number of hydrogen-bond acceptors (Lipinski definition) is 8. The number of aromatic nitrogens is 2. The molecule has 36 heavy (non-hydrogen) atoms. The zero-order chi connectivity index (χ0) is 26.7. The van der Waals surface area contributed by atoms with E-state index in [1.807, 2.05) is 0 Å². The van der Waals surface area contributed by atoms with Crippen LogP contribution in [0.4, 0.5) is 35.4 Å². The molecule has 1 fully saturated rings. The lowest BCUT2D eigenvalue weighted by Crippen LogP contribution is -2.51. The molecular weight excluding hydrogens is 481 g/mol. The van der Waals surface area contributed by atoms with Crippen molar-refractivity contribution in [2.45, 2.75) is 32.5 Å². The van der Waals surface area contributed by atoms with Gasteiger partial charge in [0.05, 0.1) is 12.8 Å². The lowest BCUT2D eigenvalue weighted by Gasteiger charge is -2.35. The number of ether oxygens (including phenoxy) is 2. The van der Waals surface area contributed by atoms with Crippen molar-refractivity contribution >= 4 is 29.5 Å². The summed E-state index contributed by atoms with van der Waals surface area (Å²) in [5.41, 5.74) is -0.871. The molecule has 1 aromatic heterocycles. The van der Waals surface area contributed by atoms with Gasteiger partial charge in [-0.2, -0.15) is 18.2 Å². The van der Waals surface area contributed by atoms with Gasteiger partial charge in [-0.3, -0.25) is 4.79 Å². The zero-order valence-corrected chi connectivity index (χ0v) is 20.7. The first-order valence-corrected chi connectivity index (χ1v) is 11.2. The second-order valence-corrected chi connectivity index (χ2v) is 9.00. The van der Waals surface area contributed by atoms with Gasteiger partial charge in [0.15, 0.2) is 0 Å². The van der Waals surface area contributed by atoms with Crippen LogP contribution in [0.3, 0.4) is 0 Å². The van der Waals surface area contributed by atoms with E-state index in [-0.39, 0.29) is 23.4 Å². The maximum atomic E-state index is 13.1. The van der Waals surface area contributed by atoms with Gasteiger partial charge in [0.2, 0.25) is 5.95 Å². The Labute approximate surface area is 206 Å². The highest BCUT2D eigenvalue weighted by Crippen LogP contribution is 2.34. The molecule has 0 unspecified atom stereocenters. The molecular formula is C23H29F3N6O4. The highest BCUT2D eigenvalue weighted by Gasteiger charge is 2.35. The summed E-state index contributed by atoms with van der Waals surface area (Å²) in [5, 5.41) is 5.24. The van der Waals surface area contributed by atoms with Crippen LogP contribution in [0.2, 0.25) is 0 Å². The number of hydrogen-bond donors (Lipinski definition) is 2. The normalized spacial score (nSPS) is 14.3. The molecule has 13 heteroatoms. The Bertz CT molecular complexity index is 1110. The predicted octanol–water partition coefficient (Wildman–Crippen LogP) is 3.98. The summed E-state index contributed by atoms with van der Waals surface area (Å²) in [6, 6.07) is 4.65. The molecule has 0 aliphatic carbocycles. The minimum absolute atomic E-state index is 0.0806. The van der Waals surface area contributed by atoms with Crippen LogP contribution in [0.1, 0.15) is 36.7 Å². The Hall–Kier alpha value is -3.77. The number of carbonyl (C=O) groups excluding carboxylic acids is 2. The first-order chi connectivity index (χ1) is 16.8. The van der Waals surface area contributed by atoms with Crippen LogP contribution in [0.5, 0.6) is 5.75 Å². The number of nitrogens with zero attached hydrogens (tertiary/aromatic N) is 4. The summed E-state index contributed by atoms with van der Waals surface area (Å²) in [7, 11) is 2.73. The van der Waals surface area contributed by atoms with Gasteiger partial charge in [-0.25, -0.2) is 9.78 Å². The molecule has 1 saturated heterocycles. The van der Waals surface area contributed by atoms with Crippen molar-refractivity contribution in [2.75, 3.05) is 51.0 Å². The van der Waals surface area contributed by atoms with Crippen molar-refractivity contribution < 1.29 is 32.2 Å². The Morgan fingerprint density at radius 1 is 1.06 bits per heavy atom. The van der Waals surface area contributed by atoms with E-state index in [0.717, 1.165) is 0 Å².